The van der Waals surface area contributed by atoms with Crippen LogP contribution < -0.4 is 5.32 Å². The lowest BCUT2D eigenvalue weighted by atomic mass is 10.0. The number of hydrogen-bond acceptors (Lipinski definition) is 3. The highest BCUT2D eigenvalue weighted by molar-refractivity contribution is 9.10. The van der Waals surface area contributed by atoms with Gasteiger partial charge in [-0.2, -0.15) is 11.8 Å². The third-order valence-electron chi connectivity index (χ3n) is 2.53. The number of carbonyl (C=O) groups is 1. The molecule has 1 aromatic rings. The van der Waals surface area contributed by atoms with E-state index in [9.17, 15) is 13.6 Å². The van der Waals surface area contributed by atoms with E-state index in [0.717, 1.165) is 11.8 Å². The number of benzene rings is 1. The zero-order chi connectivity index (χ0) is 12.4. The van der Waals surface area contributed by atoms with Crippen LogP contribution in [0.4, 0.5) is 8.78 Å². The minimum absolute atomic E-state index is 0.103. The molecule has 0 aliphatic carbocycles. The highest BCUT2D eigenvalue weighted by atomic mass is 79.9. The Morgan fingerprint density at radius 2 is 2.24 bits per heavy atom. The minimum Gasteiger partial charge on any atom is -0.306 e. The highest BCUT2D eigenvalue weighted by Gasteiger charge is 2.28. The SMILES string of the molecule is O=C(c1c(F)ccc(Br)c1F)C1CSCCN1. The Hall–Kier alpha value is -0.460. The molecule has 1 aliphatic heterocycles. The molecule has 0 bridgehead atoms. The number of Topliss-reactive ketones (excluding diaryl/α,β-unsaturated/α-hetero) is 1. The highest BCUT2D eigenvalue weighted by Crippen LogP contribution is 2.24. The van der Waals surface area contributed by atoms with Crippen LogP contribution in [-0.2, 0) is 0 Å². The number of thioether (sulfide) groups is 1. The lowest BCUT2D eigenvalue weighted by Crippen LogP contribution is -2.44. The monoisotopic (exact) mass is 321 g/mol. The van der Waals surface area contributed by atoms with Gasteiger partial charge in [-0.1, -0.05) is 0 Å². The number of ketones is 1. The van der Waals surface area contributed by atoms with Crippen molar-refractivity contribution in [3.05, 3.63) is 33.8 Å². The smallest absolute Gasteiger partial charge is 0.186 e. The number of nitrogens with one attached hydrogen (secondary N) is 1. The second-order valence-electron chi connectivity index (χ2n) is 3.66. The summed E-state index contributed by atoms with van der Waals surface area (Å²) in [7, 11) is 0. The van der Waals surface area contributed by atoms with Crippen molar-refractivity contribution >= 4 is 33.5 Å². The molecule has 0 saturated carbocycles. The molecule has 92 valence electrons. The summed E-state index contributed by atoms with van der Waals surface area (Å²) >= 11 is 4.55. The van der Waals surface area contributed by atoms with E-state index in [4.69, 9.17) is 0 Å². The van der Waals surface area contributed by atoms with E-state index >= 15 is 0 Å². The zero-order valence-corrected chi connectivity index (χ0v) is 11.2. The normalized spacial score (nSPS) is 20.3. The van der Waals surface area contributed by atoms with Gasteiger partial charge in [0.25, 0.3) is 0 Å². The zero-order valence-electron chi connectivity index (χ0n) is 8.80. The minimum atomic E-state index is -0.827. The molecule has 17 heavy (non-hydrogen) atoms. The van der Waals surface area contributed by atoms with Crippen molar-refractivity contribution in [3.8, 4) is 0 Å². The second-order valence-corrected chi connectivity index (χ2v) is 5.67. The van der Waals surface area contributed by atoms with Gasteiger partial charge in [0.05, 0.1) is 16.1 Å². The average Bonchev–Trinajstić information content (AvgIpc) is 2.35. The van der Waals surface area contributed by atoms with Crippen LogP contribution in [0.3, 0.4) is 0 Å². The lowest BCUT2D eigenvalue weighted by molar-refractivity contribution is 0.0944. The third kappa shape index (κ3) is 2.69. The van der Waals surface area contributed by atoms with Crippen LogP contribution in [-0.4, -0.2) is 29.9 Å². The van der Waals surface area contributed by atoms with Gasteiger partial charge in [0, 0.05) is 18.1 Å². The van der Waals surface area contributed by atoms with Gasteiger partial charge in [0.1, 0.15) is 5.82 Å². The summed E-state index contributed by atoms with van der Waals surface area (Å²) in [4.78, 5) is 12.0. The van der Waals surface area contributed by atoms with Crippen LogP contribution in [0.5, 0.6) is 0 Å². The lowest BCUT2D eigenvalue weighted by Gasteiger charge is -2.22. The summed E-state index contributed by atoms with van der Waals surface area (Å²) in [6.07, 6.45) is 0. The van der Waals surface area contributed by atoms with E-state index in [1.807, 2.05) is 0 Å². The molecule has 0 spiro atoms. The quantitative estimate of drug-likeness (QED) is 0.670. The van der Waals surface area contributed by atoms with Crippen LogP contribution in [0.25, 0.3) is 0 Å². The van der Waals surface area contributed by atoms with E-state index in [-0.39, 0.29) is 4.47 Å². The molecular formula is C11H10BrF2NOS. The van der Waals surface area contributed by atoms with Crippen molar-refractivity contribution in [1.29, 1.82) is 0 Å². The first-order valence-corrected chi connectivity index (χ1v) is 7.05. The Kier molecular flexibility index (Phi) is 4.17. The Morgan fingerprint density at radius 3 is 2.88 bits per heavy atom. The molecule has 6 heteroatoms. The van der Waals surface area contributed by atoms with E-state index in [0.29, 0.717) is 12.3 Å². The van der Waals surface area contributed by atoms with Crippen molar-refractivity contribution in [1.82, 2.24) is 5.32 Å². The molecule has 0 radical (unpaired) electrons. The van der Waals surface area contributed by atoms with Crippen molar-refractivity contribution in [2.75, 3.05) is 18.1 Å². The van der Waals surface area contributed by atoms with Gasteiger partial charge in [-0.15, -0.1) is 0 Å². The van der Waals surface area contributed by atoms with E-state index < -0.39 is 29.0 Å². The first-order chi connectivity index (χ1) is 8.11. The predicted molar refractivity (Wildman–Crippen MR) is 67.5 cm³/mol. The van der Waals surface area contributed by atoms with Crippen LogP contribution in [0.2, 0.25) is 0 Å². The first kappa shape index (κ1) is 13.0. The summed E-state index contributed by atoms with van der Waals surface area (Å²) in [5, 5.41) is 2.97. The number of hydrogen-bond donors (Lipinski definition) is 1. The fourth-order valence-corrected chi connectivity index (χ4v) is 2.93. The van der Waals surface area contributed by atoms with Gasteiger partial charge < -0.3 is 5.32 Å². The molecular weight excluding hydrogens is 312 g/mol. The van der Waals surface area contributed by atoms with Gasteiger partial charge in [0.15, 0.2) is 11.6 Å². The van der Waals surface area contributed by atoms with Crippen LogP contribution in [0.15, 0.2) is 16.6 Å². The molecule has 1 unspecified atom stereocenters. The summed E-state index contributed by atoms with van der Waals surface area (Å²) in [6.45, 7) is 0.679. The van der Waals surface area contributed by atoms with Crippen LogP contribution in [0.1, 0.15) is 10.4 Å². The van der Waals surface area contributed by atoms with Gasteiger partial charge >= 0.3 is 0 Å². The third-order valence-corrected chi connectivity index (χ3v) is 4.20. The molecule has 1 N–H and O–H groups in total. The summed E-state index contributed by atoms with van der Waals surface area (Å²) in [5.41, 5.74) is -0.459. The summed E-state index contributed by atoms with van der Waals surface area (Å²) < 4.78 is 27.3. The van der Waals surface area contributed by atoms with Crippen molar-refractivity contribution in [2.45, 2.75) is 6.04 Å². The van der Waals surface area contributed by atoms with E-state index in [1.54, 1.807) is 11.8 Å². The van der Waals surface area contributed by atoms with Crippen molar-refractivity contribution in [3.63, 3.8) is 0 Å². The summed E-state index contributed by atoms with van der Waals surface area (Å²) in [6, 6.07) is 1.84. The van der Waals surface area contributed by atoms with Gasteiger partial charge in [0.2, 0.25) is 0 Å². The molecule has 1 atom stereocenters. The first-order valence-electron chi connectivity index (χ1n) is 5.10. The Morgan fingerprint density at radius 1 is 1.47 bits per heavy atom. The van der Waals surface area contributed by atoms with E-state index in [1.165, 1.54) is 6.07 Å². The maximum Gasteiger partial charge on any atom is 0.186 e. The number of halogens is 3. The largest absolute Gasteiger partial charge is 0.306 e. The molecule has 1 heterocycles. The van der Waals surface area contributed by atoms with E-state index in [2.05, 4.69) is 21.2 Å². The number of carbonyl (C=O) groups excluding carboxylic acids is 1. The van der Waals surface area contributed by atoms with Crippen molar-refractivity contribution < 1.29 is 13.6 Å². The molecule has 1 fully saturated rings. The Balaban J connectivity index is 2.32. The van der Waals surface area contributed by atoms with Crippen LogP contribution >= 0.6 is 27.7 Å². The fourth-order valence-electron chi connectivity index (χ4n) is 1.66. The maximum absolute atomic E-state index is 13.7. The molecule has 2 nitrogen and oxygen atoms in total. The standard InChI is InChI=1S/C11H10BrF2NOS/c12-6-1-2-7(13)9(10(6)14)11(16)8-5-17-4-3-15-8/h1-2,8,15H,3-5H2. The summed E-state index contributed by atoms with van der Waals surface area (Å²) in [5.74, 6) is -0.703. The Bertz CT molecular complexity index is 449. The molecule has 1 aliphatic rings. The number of rotatable bonds is 2. The van der Waals surface area contributed by atoms with Crippen molar-refractivity contribution in [2.24, 2.45) is 0 Å². The van der Waals surface area contributed by atoms with Crippen LogP contribution in [0, 0.1) is 11.6 Å². The molecule has 0 aromatic heterocycles. The Labute approximate surface area is 110 Å². The molecule has 0 amide bonds. The molecule has 1 saturated heterocycles. The van der Waals surface area contributed by atoms with Gasteiger partial charge in [-0.05, 0) is 28.1 Å². The fraction of sp³-hybridized carbons (Fsp3) is 0.364. The van der Waals surface area contributed by atoms with Gasteiger partial charge in [-0.25, -0.2) is 8.78 Å². The molecule has 1 aromatic carbocycles. The molecule has 2 rings (SSSR count). The topological polar surface area (TPSA) is 29.1 Å². The average molecular weight is 322 g/mol. The second kappa shape index (κ2) is 5.46. The maximum atomic E-state index is 13.7. The predicted octanol–water partition coefficient (Wildman–Crippen LogP) is 2.62. The van der Waals surface area contributed by atoms with Gasteiger partial charge in [-0.3, -0.25) is 4.79 Å².